The largest absolute Gasteiger partial charge is 0.379 e. The molecule has 140 valence electrons. The van der Waals surface area contributed by atoms with Crippen LogP contribution in [0.3, 0.4) is 0 Å². The molecule has 2 aromatic rings. The van der Waals surface area contributed by atoms with Crippen LogP contribution in [0.5, 0.6) is 0 Å². The number of morpholine rings is 1. The highest BCUT2D eigenvalue weighted by Gasteiger charge is 2.40. The first-order valence-electron chi connectivity index (χ1n) is 9.16. The van der Waals surface area contributed by atoms with Gasteiger partial charge in [0.15, 0.2) is 0 Å². The van der Waals surface area contributed by atoms with Crippen molar-refractivity contribution in [2.24, 2.45) is 0 Å². The van der Waals surface area contributed by atoms with Crippen LogP contribution in [0.4, 0.5) is 4.39 Å². The van der Waals surface area contributed by atoms with E-state index in [2.05, 4.69) is 20.4 Å². The Hall–Kier alpha value is -1.41. The minimum absolute atomic E-state index is 0.223. The van der Waals surface area contributed by atoms with Gasteiger partial charge in [0.05, 0.1) is 25.1 Å². The van der Waals surface area contributed by atoms with Gasteiger partial charge < -0.3 is 10.1 Å². The zero-order valence-electron chi connectivity index (χ0n) is 14.8. The first-order chi connectivity index (χ1) is 12.8. The summed E-state index contributed by atoms with van der Waals surface area (Å²) in [6, 6.07) is 6.54. The quantitative estimate of drug-likeness (QED) is 0.811. The second kappa shape index (κ2) is 8.08. The van der Waals surface area contributed by atoms with Crippen LogP contribution in [-0.4, -0.2) is 65.0 Å². The van der Waals surface area contributed by atoms with Crippen molar-refractivity contribution in [2.75, 3.05) is 44.4 Å². The van der Waals surface area contributed by atoms with E-state index in [-0.39, 0.29) is 11.4 Å². The van der Waals surface area contributed by atoms with Crippen LogP contribution < -0.4 is 5.32 Å². The number of rotatable bonds is 6. The third kappa shape index (κ3) is 3.81. The van der Waals surface area contributed by atoms with Crippen molar-refractivity contribution < 1.29 is 9.13 Å². The van der Waals surface area contributed by atoms with Gasteiger partial charge >= 0.3 is 0 Å². The molecule has 1 atom stereocenters. The van der Waals surface area contributed by atoms with Crippen LogP contribution in [0, 0.1) is 5.82 Å². The molecule has 1 aromatic heterocycles. The van der Waals surface area contributed by atoms with Crippen LogP contribution in [0.15, 0.2) is 30.5 Å². The smallest absolute Gasteiger partial charge is 0.123 e. The van der Waals surface area contributed by atoms with Crippen molar-refractivity contribution in [3.8, 4) is 11.3 Å². The summed E-state index contributed by atoms with van der Waals surface area (Å²) in [6.45, 7) is 5.43. The van der Waals surface area contributed by atoms with E-state index in [1.165, 1.54) is 30.1 Å². The molecule has 7 heteroatoms. The number of thioether (sulfide) groups is 1. The lowest BCUT2D eigenvalue weighted by Gasteiger charge is -2.43. The Morgan fingerprint density at radius 1 is 1.27 bits per heavy atom. The van der Waals surface area contributed by atoms with Crippen LogP contribution in [-0.2, 0) is 11.3 Å². The molecule has 1 aromatic carbocycles. The van der Waals surface area contributed by atoms with E-state index in [4.69, 9.17) is 4.74 Å². The minimum Gasteiger partial charge on any atom is -0.379 e. The zero-order valence-corrected chi connectivity index (χ0v) is 15.7. The Labute approximate surface area is 157 Å². The van der Waals surface area contributed by atoms with Gasteiger partial charge in [-0.15, -0.1) is 0 Å². The summed E-state index contributed by atoms with van der Waals surface area (Å²) in [5, 5.41) is 10.9. The monoisotopic (exact) mass is 376 g/mol. The molecule has 5 nitrogen and oxygen atoms in total. The number of aromatic nitrogens is 2. The van der Waals surface area contributed by atoms with Gasteiger partial charge in [-0.2, -0.15) is 16.9 Å². The average Bonchev–Trinajstić information content (AvgIpc) is 3.34. The molecule has 4 rings (SSSR count). The number of hydrogen-bond donors (Lipinski definition) is 2. The Kier molecular flexibility index (Phi) is 5.59. The summed E-state index contributed by atoms with van der Waals surface area (Å²) in [5.41, 5.74) is 3.26. The first-order valence-corrected chi connectivity index (χ1v) is 10.3. The number of ether oxygens (including phenoxy) is 1. The predicted molar refractivity (Wildman–Crippen MR) is 103 cm³/mol. The number of nitrogens with zero attached hydrogens (tertiary/aromatic N) is 2. The molecular weight excluding hydrogens is 351 g/mol. The lowest BCUT2D eigenvalue weighted by atomic mass is 9.95. The van der Waals surface area contributed by atoms with E-state index < -0.39 is 0 Å². The highest BCUT2D eigenvalue weighted by Crippen LogP contribution is 2.33. The molecular formula is C19H25FN4OS. The number of halogens is 1. The van der Waals surface area contributed by atoms with Crippen LogP contribution >= 0.6 is 11.8 Å². The summed E-state index contributed by atoms with van der Waals surface area (Å²) in [5.74, 6) is 2.18. The molecule has 0 bridgehead atoms. The van der Waals surface area contributed by atoms with E-state index in [0.717, 1.165) is 56.2 Å². The molecule has 2 aliphatic rings. The molecule has 1 unspecified atom stereocenters. The molecule has 26 heavy (non-hydrogen) atoms. The molecule has 0 aliphatic carbocycles. The van der Waals surface area contributed by atoms with Gasteiger partial charge in [0, 0.05) is 48.6 Å². The fourth-order valence-corrected chi connectivity index (χ4v) is 5.35. The maximum Gasteiger partial charge on any atom is 0.123 e. The van der Waals surface area contributed by atoms with Gasteiger partial charge in [-0.1, -0.05) is 0 Å². The van der Waals surface area contributed by atoms with Gasteiger partial charge in [-0.05, 0) is 36.4 Å². The van der Waals surface area contributed by atoms with E-state index in [1.807, 2.05) is 18.0 Å². The maximum atomic E-state index is 13.2. The lowest BCUT2D eigenvalue weighted by Crippen LogP contribution is -2.58. The summed E-state index contributed by atoms with van der Waals surface area (Å²) < 4.78 is 18.7. The van der Waals surface area contributed by atoms with Gasteiger partial charge in [-0.25, -0.2) is 4.39 Å². The topological polar surface area (TPSA) is 53.2 Å². The molecule has 2 N–H and O–H groups in total. The minimum atomic E-state index is -0.223. The molecule has 2 saturated heterocycles. The van der Waals surface area contributed by atoms with Crippen molar-refractivity contribution >= 4 is 11.8 Å². The number of H-pyrrole nitrogens is 1. The third-order valence-corrected chi connectivity index (χ3v) is 6.62. The van der Waals surface area contributed by atoms with Gasteiger partial charge in [0.2, 0.25) is 0 Å². The summed E-state index contributed by atoms with van der Waals surface area (Å²) in [7, 11) is 0. The lowest BCUT2D eigenvalue weighted by molar-refractivity contribution is -0.0134. The van der Waals surface area contributed by atoms with Crippen molar-refractivity contribution in [1.29, 1.82) is 0 Å². The van der Waals surface area contributed by atoms with E-state index >= 15 is 0 Å². The number of aromatic amines is 1. The Balaban J connectivity index is 1.41. The summed E-state index contributed by atoms with van der Waals surface area (Å²) in [6.07, 6.45) is 3.08. The third-order valence-electron chi connectivity index (χ3n) is 5.38. The normalized spacial score (nSPS) is 24.2. The highest BCUT2D eigenvalue weighted by atomic mass is 32.2. The molecule has 0 spiro atoms. The van der Waals surface area contributed by atoms with E-state index in [0.29, 0.717) is 0 Å². The van der Waals surface area contributed by atoms with Gasteiger partial charge in [-0.3, -0.25) is 10.00 Å². The Morgan fingerprint density at radius 3 is 2.81 bits per heavy atom. The van der Waals surface area contributed by atoms with Crippen molar-refractivity contribution in [3.63, 3.8) is 0 Å². The number of benzene rings is 1. The van der Waals surface area contributed by atoms with Crippen LogP contribution in [0.25, 0.3) is 11.3 Å². The second-order valence-electron chi connectivity index (χ2n) is 7.01. The van der Waals surface area contributed by atoms with Crippen LogP contribution in [0.1, 0.15) is 12.0 Å². The fraction of sp³-hybridized carbons (Fsp3) is 0.526. The molecule has 2 aliphatic heterocycles. The predicted octanol–water partition coefficient (Wildman–Crippen LogP) is 2.51. The van der Waals surface area contributed by atoms with Crippen molar-refractivity contribution in [1.82, 2.24) is 20.4 Å². The van der Waals surface area contributed by atoms with Crippen LogP contribution in [0.2, 0.25) is 0 Å². The molecule has 0 amide bonds. The van der Waals surface area contributed by atoms with Gasteiger partial charge in [0.1, 0.15) is 5.82 Å². The summed E-state index contributed by atoms with van der Waals surface area (Å²) in [4.78, 5) is 2.61. The average molecular weight is 377 g/mol. The Morgan fingerprint density at radius 2 is 2.08 bits per heavy atom. The standard InChI is InChI=1S/C19H25FN4OS/c20-17-3-1-15(2-4-17)18-16(12-22-23-18)11-21-13-19(5-10-26-14-19)24-6-8-25-9-7-24/h1-4,12,21H,5-11,13-14H2,(H,22,23). The molecule has 2 fully saturated rings. The van der Waals surface area contributed by atoms with Crippen molar-refractivity contribution in [2.45, 2.75) is 18.5 Å². The second-order valence-corrected chi connectivity index (χ2v) is 8.11. The fourth-order valence-electron chi connectivity index (χ4n) is 3.88. The highest BCUT2D eigenvalue weighted by molar-refractivity contribution is 7.99. The SMILES string of the molecule is Fc1ccc(-c2[nH]ncc2CNCC2(N3CCOCC3)CCSC2)cc1. The Bertz CT molecular complexity index is 709. The number of nitrogens with one attached hydrogen (secondary N) is 2. The summed E-state index contributed by atoms with van der Waals surface area (Å²) >= 11 is 2.05. The first kappa shape index (κ1) is 18.0. The van der Waals surface area contributed by atoms with E-state index in [1.54, 1.807) is 12.1 Å². The van der Waals surface area contributed by atoms with Crippen molar-refractivity contribution in [3.05, 3.63) is 41.8 Å². The molecule has 3 heterocycles. The maximum absolute atomic E-state index is 13.2. The molecule has 0 radical (unpaired) electrons. The van der Waals surface area contributed by atoms with Gasteiger partial charge in [0.25, 0.3) is 0 Å². The number of hydrogen-bond acceptors (Lipinski definition) is 5. The zero-order chi connectivity index (χ0) is 17.8. The van der Waals surface area contributed by atoms with E-state index in [9.17, 15) is 4.39 Å². The molecule has 0 saturated carbocycles.